The highest BCUT2D eigenvalue weighted by Crippen LogP contribution is 2.35. The van der Waals surface area contributed by atoms with Crippen molar-refractivity contribution in [2.45, 2.75) is 94.5 Å². The van der Waals surface area contributed by atoms with Crippen molar-refractivity contribution in [2.75, 3.05) is 19.4 Å². The normalized spacial score (nSPS) is 21.7. The van der Waals surface area contributed by atoms with E-state index in [-0.39, 0.29) is 17.6 Å². The van der Waals surface area contributed by atoms with Crippen LogP contribution in [0.15, 0.2) is 9.95 Å². The molecule has 1 saturated heterocycles. The van der Waals surface area contributed by atoms with E-state index in [1.54, 1.807) is 15.9 Å². The van der Waals surface area contributed by atoms with Gasteiger partial charge < -0.3 is 9.64 Å². The Bertz CT molecular complexity index is 1040. The van der Waals surface area contributed by atoms with Gasteiger partial charge in [-0.25, -0.2) is 4.98 Å². The molecule has 0 spiro atoms. The fourth-order valence-electron chi connectivity index (χ4n) is 5.38. The van der Waals surface area contributed by atoms with Crippen molar-refractivity contribution < 1.29 is 9.53 Å². The zero-order valence-electron chi connectivity index (χ0n) is 18.9. The van der Waals surface area contributed by atoms with Crippen LogP contribution in [0.3, 0.4) is 0 Å². The summed E-state index contributed by atoms with van der Waals surface area (Å²) in [6.45, 7) is 1.29. The minimum Gasteiger partial charge on any atom is -0.376 e. The summed E-state index contributed by atoms with van der Waals surface area (Å²) < 4.78 is 7.65. The number of hydrogen-bond acceptors (Lipinski definition) is 6. The number of rotatable bonds is 6. The van der Waals surface area contributed by atoms with E-state index < -0.39 is 0 Å². The monoisotopic (exact) mass is 475 g/mol. The van der Waals surface area contributed by atoms with Crippen molar-refractivity contribution >= 4 is 39.2 Å². The summed E-state index contributed by atoms with van der Waals surface area (Å²) in [5.74, 6) is 0.451. The lowest BCUT2D eigenvalue weighted by atomic mass is 9.94. The van der Waals surface area contributed by atoms with Crippen LogP contribution in [0.5, 0.6) is 0 Å². The maximum absolute atomic E-state index is 13.7. The number of carbonyl (C=O) groups is 1. The number of ether oxygens (including phenoxy) is 1. The van der Waals surface area contributed by atoms with Crippen LogP contribution < -0.4 is 5.56 Å². The summed E-state index contributed by atoms with van der Waals surface area (Å²) in [5.41, 5.74) is 1.28. The van der Waals surface area contributed by atoms with Gasteiger partial charge in [0.2, 0.25) is 5.91 Å². The first-order valence-corrected chi connectivity index (χ1v) is 14.0. The molecular weight excluding hydrogens is 442 g/mol. The summed E-state index contributed by atoms with van der Waals surface area (Å²) in [6.07, 6.45) is 12.3. The second kappa shape index (κ2) is 9.85. The molecule has 1 saturated carbocycles. The highest BCUT2D eigenvalue weighted by Gasteiger charge is 2.26. The van der Waals surface area contributed by atoms with Gasteiger partial charge in [-0.05, 0) is 56.9 Å². The molecule has 6 nitrogen and oxygen atoms in total. The zero-order chi connectivity index (χ0) is 22.1. The van der Waals surface area contributed by atoms with Gasteiger partial charge >= 0.3 is 0 Å². The van der Waals surface area contributed by atoms with Crippen molar-refractivity contribution in [2.24, 2.45) is 0 Å². The molecule has 3 heterocycles. The minimum absolute atomic E-state index is 0.0560. The molecule has 2 fully saturated rings. The van der Waals surface area contributed by atoms with Gasteiger partial charge in [-0.15, -0.1) is 11.3 Å². The van der Waals surface area contributed by atoms with Gasteiger partial charge in [-0.2, -0.15) is 0 Å². The first-order valence-electron chi connectivity index (χ1n) is 12.2. The van der Waals surface area contributed by atoms with Crippen molar-refractivity contribution in [3.8, 4) is 0 Å². The predicted octanol–water partition coefficient (Wildman–Crippen LogP) is 4.40. The summed E-state index contributed by atoms with van der Waals surface area (Å²) in [5, 5.41) is 1.49. The first-order chi connectivity index (χ1) is 15.6. The number of thioether (sulfide) groups is 1. The largest absolute Gasteiger partial charge is 0.376 e. The molecule has 0 aromatic carbocycles. The molecule has 2 aliphatic carbocycles. The average molecular weight is 476 g/mol. The summed E-state index contributed by atoms with van der Waals surface area (Å²) in [4.78, 5) is 35.7. The number of fused-ring (bicyclic) bond motifs is 3. The topological polar surface area (TPSA) is 64.4 Å². The molecule has 8 heteroatoms. The number of thiophene rings is 1. The van der Waals surface area contributed by atoms with E-state index >= 15 is 0 Å². The molecule has 174 valence electrons. The third-order valence-electron chi connectivity index (χ3n) is 7.29. The highest BCUT2D eigenvalue weighted by atomic mass is 32.2. The molecule has 5 rings (SSSR count). The van der Waals surface area contributed by atoms with Crippen LogP contribution >= 0.6 is 23.1 Å². The lowest BCUT2D eigenvalue weighted by molar-refractivity contribution is -0.129. The van der Waals surface area contributed by atoms with E-state index in [4.69, 9.17) is 9.72 Å². The summed E-state index contributed by atoms with van der Waals surface area (Å²) >= 11 is 3.10. The standard InChI is InChI=1S/C24H33N3O3S2/c1-26(16-8-3-2-4-9-16)20(28)15-31-24-25-22-21(18-11-5-6-12-19(18)32-22)23(29)27(24)14-17-10-7-13-30-17/h16-17H,2-15H2,1H3. The molecule has 0 radical (unpaired) electrons. The predicted molar refractivity (Wildman–Crippen MR) is 130 cm³/mol. The van der Waals surface area contributed by atoms with Crippen molar-refractivity contribution in [1.82, 2.24) is 14.5 Å². The van der Waals surface area contributed by atoms with Crippen LogP contribution in [-0.4, -0.2) is 51.9 Å². The van der Waals surface area contributed by atoms with Crippen LogP contribution in [0.4, 0.5) is 0 Å². The van der Waals surface area contributed by atoms with Gasteiger partial charge in [0.05, 0.1) is 23.8 Å². The van der Waals surface area contributed by atoms with E-state index in [2.05, 4.69) is 0 Å². The fraction of sp³-hybridized carbons (Fsp3) is 0.708. The van der Waals surface area contributed by atoms with E-state index in [1.807, 2.05) is 11.9 Å². The Labute approximate surface area is 197 Å². The Morgan fingerprint density at radius 2 is 1.97 bits per heavy atom. The third-order valence-corrected chi connectivity index (χ3v) is 9.44. The van der Waals surface area contributed by atoms with E-state index in [1.165, 1.54) is 47.9 Å². The van der Waals surface area contributed by atoms with Crippen LogP contribution in [0.25, 0.3) is 10.2 Å². The maximum atomic E-state index is 13.7. The Hall–Kier alpha value is -1.38. The van der Waals surface area contributed by atoms with E-state index in [0.717, 1.165) is 61.8 Å². The Kier molecular flexibility index (Phi) is 6.90. The van der Waals surface area contributed by atoms with Gasteiger partial charge in [-0.3, -0.25) is 14.2 Å². The average Bonchev–Trinajstić information content (AvgIpc) is 3.47. The number of aromatic nitrogens is 2. The van der Waals surface area contributed by atoms with E-state index in [0.29, 0.717) is 23.5 Å². The summed E-state index contributed by atoms with van der Waals surface area (Å²) in [6, 6.07) is 0.352. The minimum atomic E-state index is 0.0560. The van der Waals surface area contributed by atoms with Gasteiger partial charge in [0, 0.05) is 24.6 Å². The second-order valence-electron chi connectivity index (χ2n) is 9.42. The lowest BCUT2D eigenvalue weighted by Crippen LogP contribution is -2.39. The molecular formula is C24H33N3O3S2. The Morgan fingerprint density at radius 3 is 2.75 bits per heavy atom. The molecule has 3 aliphatic rings. The number of nitrogens with zero attached hydrogens (tertiary/aromatic N) is 3. The fourth-order valence-corrected chi connectivity index (χ4v) is 7.62. The van der Waals surface area contributed by atoms with Crippen LogP contribution in [0.2, 0.25) is 0 Å². The quantitative estimate of drug-likeness (QED) is 0.458. The van der Waals surface area contributed by atoms with Crippen LogP contribution in [0.1, 0.15) is 68.2 Å². The van der Waals surface area contributed by atoms with Gasteiger partial charge in [0.1, 0.15) is 4.83 Å². The maximum Gasteiger partial charge on any atom is 0.263 e. The molecule has 2 aromatic rings. The Morgan fingerprint density at radius 1 is 1.16 bits per heavy atom. The molecule has 0 N–H and O–H groups in total. The van der Waals surface area contributed by atoms with Crippen molar-refractivity contribution in [3.05, 3.63) is 20.8 Å². The molecule has 1 atom stereocenters. The third kappa shape index (κ3) is 4.50. The molecule has 1 amide bonds. The van der Waals surface area contributed by atoms with Crippen LogP contribution in [-0.2, 0) is 28.9 Å². The van der Waals surface area contributed by atoms with Gasteiger partial charge in [0.15, 0.2) is 5.16 Å². The number of aryl methyl sites for hydroxylation is 2. The summed E-state index contributed by atoms with van der Waals surface area (Å²) in [7, 11) is 1.93. The molecule has 1 unspecified atom stereocenters. The van der Waals surface area contributed by atoms with E-state index in [9.17, 15) is 9.59 Å². The van der Waals surface area contributed by atoms with Crippen molar-refractivity contribution in [3.63, 3.8) is 0 Å². The zero-order valence-corrected chi connectivity index (χ0v) is 20.6. The van der Waals surface area contributed by atoms with Crippen molar-refractivity contribution in [1.29, 1.82) is 0 Å². The molecule has 0 bridgehead atoms. The first kappa shape index (κ1) is 22.4. The molecule has 2 aromatic heterocycles. The van der Waals surface area contributed by atoms with Gasteiger partial charge in [0.25, 0.3) is 5.56 Å². The SMILES string of the molecule is CN(C(=O)CSc1nc2sc3c(c2c(=O)n1CC1CCCO1)CCCC3)C1CCCCC1. The second-order valence-corrected chi connectivity index (χ2v) is 11.4. The highest BCUT2D eigenvalue weighted by molar-refractivity contribution is 7.99. The number of carbonyl (C=O) groups excluding carboxylic acids is 1. The smallest absolute Gasteiger partial charge is 0.263 e. The molecule has 32 heavy (non-hydrogen) atoms. The number of amides is 1. The lowest BCUT2D eigenvalue weighted by Gasteiger charge is -2.31. The van der Waals surface area contributed by atoms with Crippen LogP contribution in [0, 0.1) is 0 Å². The Balaban J connectivity index is 1.42. The number of hydrogen-bond donors (Lipinski definition) is 0. The molecule has 1 aliphatic heterocycles. The van der Waals surface area contributed by atoms with Gasteiger partial charge in [-0.1, -0.05) is 31.0 Å².